The van der Waals surface area contributed by atoms with Crippen LogP contribution in [0.1, 0.15) is 37.4 Å². The van der Waals surface area contributed by atoms with Crippen molar-refractivity contribution in [2.75, 3.05) is 6.61 Å². The van der Waals surface area contributed by atoms with E-state index in [-0.39, 0.29) is 12.2 Å². The molecule has 0 amide bonds. The van der Waals surface area contributed by atoms with Crippen LogP contribution in [-0.2, 0) is 21.6 Å². The lowest BCUT2D eigenvalue weighted by Gasteiger charge is -2.36. The summed E-state index contributed by atoms with van der Waals surface area (Å²) in [7, 11) is 0. The van der Waals surface area contributed by atoms with Crippen molar-refractivity contribution in [2.45, 2.75) is 38.2 Å². The number of carboxylic acid groups (broad SMARTS) is 1. The largest absolute Gasteiger partial charge is 0.481 e. The third-order valence-electron chi connectivity index (χ3n) is 5.36. The molecule has 140 valence electrons. The van der Waals surface area contributed by atoms with Crippen molar-refractivity contribution in [3.05, 3.63) is 59.5 Å². The smallest absolute Gasteiger partial charge is 0.306 e. The van der Waals surface area contributed by atoms with Gasteiger partial charge in [-0.3, -0.25) is 4.79 Å². The van der Waals surface area contributed by atoms with Gasteiger partial charge in [0.25, 0.3) is 0 Å². The zero-order chi connectivity index (χ0) is 19.0. The molecular formula is C22H22FNO3. The molecule has 2 heterocycles. The van der Waals surface area contributed by atoms with Crippen LogP contribution in [0.15, 0.2) is 42.5 Å². The number of hydrogen-bond acceptors (Lipinski definition) is 2. The Bertz CT molecular complexity index is 993. The molecule has 0 bridgehead atoms. The van der Waals surface area contributed by atoms with Crippen LogP contribution < -0.4 is 0 Å². The number of benzene rings is 2. The third-order valence-corrected chi connectivity index (χ3v) is 5.36. The summed E-state index contributed by atoms with van der Waals surface area (Å²) >= 11 is 0. The molecule has 3 aromatic rings. The van der Waals surface area contributed by atoms with Crippen LogP contribution in [0.2, 0.25) is 0 Å². The summed E-state index contributed by atoms with van der Waals surface area (Å²) in [5.41, 5.74) is 4.08. The van der Waals surface area contributed by atoms with Gasteiger partial charge in [-0.1, -0.05) is 37.6 Å². The second-order valence-electron chi connectivity index (χ2n) is 7.13. The van der Waals surface area contributed by atoms with E-state index < -0.39 is 11.6 Å². The summed E-state index contributed by atoms with van der Waals surface area (Å²) in [6.45, 7) is 2.53. The van der Waals surface area contributed by atoms with Gasteiger partial charge >= 0.3 is 5.97 Å². The minimum Gasteiger partial charge on any atom is -0.481 e. The van der Waals surface area contributed by atoms with E-state index in [9.17, 15) is 14.3 Å². The van der Waals surface area contributed by atoms with Crippen LogP contribution in [0.25, 0.3) is 22.0 Å². The number of hydrogen-bond donors (Lipinski definition) is 2. The molecule has 4 rings (SSSR count). The van der Waals surface area contributed by atoms with Gasteiger partial charge in [0.2, 0.25) is 0 Å². The highest BCUT2D eigenvalue weighted by Gasteiger charge is 2.41. The van der Waals surface area contributed by atoms with Crippen LogP contribution in [0.3, 0.4) is 0 Å². The van der Waals surface area contributed by atoms with Crippen LogP contribution in [0, 0.1) is 5.82 Å². The average Bonchev–Trinajstić information content (AvgIpc) is 3.03. The number of rotatable bonds is 5. The van der Waals surface area contributed by atoms with E-state index in [0.717, 1.165) is 46.1 Å². The van der Waals surface area contributed by atoms with Crippen molar-refractivity contribution < 1.29 is 19.0 Å². The molecule has 5 heteroatoms. The minimum atomic E-state index is -0.867. The van der Waals surface area contributed by atoms with Crippen molar-refractivity contribution in [3.8, 4) is 11.1 Å². The monoisotopic (exact) mass is 367 g/mol. The molecule has 0 radical (unpaired) electrons. The fraction of sp³-hybridized carbons (Fsp3) is 0.318. The average molecular weight is 367 g/mol. The lowest BCUT2D eigenvalue weighted by molar-refractivity contribution is -0.149. The molecule has 0 aliphatic carbocycles. The highest BCUT2D eigenvalue weighted by atomic mass is 19.1. The maximum absolute atomic E-state index is 13.4. The number of nitrogens with one attached hydrogen (secondary N) is 1. The summed E-state index contributed by atoms with van der Waals surface area (Å²) in [6, 6.07) is 12.5. The van der Waals surface area contributed by atoms with E-state index in [1.165, 1.54) is 12.1 Å². The first-order chi connectivity index (χ1) is 13.0. The first-order valence-corrected chi connectivity index (χ1v) is 9.30. The molecule has 4 nitrogen and oxygen atoms in total. The lowest BCUT2D eigenvalue weighted by Crippen LogP contribution is -2.37. The van der Waals surface area contributed by atoms with Gasteiger partial charge < -0.3 is 14.8 Å². The fourth-order valence-electron chi connectivity index (χ4n) is 4.32. The first kappa shape index (κ1) is 17.7. The highest BCUT2D eigenvalue weighted by molar-refractivity contribution is 5.99. The number of aromatic nitrogens is 1. The van der Waals surface area contributed by atoms with Crippen LogP contribution in [-0.4, -0.2) is 22.7 Å². The molecule has 1 atom stereocenters. The molecule has 2 aromatic carbocycles. The van der Waals surface area contributed by atoms with Crippen molar-refractivity contribution >= 4 is 16.9 Å². The number of fused-ring (bicyclic) bond motifs is 3. The molecule has 1 unspecified atom stereocenters. The van der Waals surface area contributed by atoms with E-state index in [1.54, 1.807) is 12.1 Å². The van der Waals surface area contributed by atoms with Gasteiger partial charge in [-0.25, -0.2) is 4.39 Å². The van der Waals surface area contributed by atoms with Gasteiger partial charge in [-0.05, 0) is 47.7 Å². The summed E-state index contributed by atoms with van der Waals surface area (Å²) in [6.07, 6.45) is 2.13. The van der Waals surface area contributed by atoms with Gasteiger partial charge in [0.15, 0.2) is 0 Å². The summed E-state index contributed by atoms with van der Waals surface area (Å²) < 4.78 is 19.4. The van der Waals surface area contributed by atoms with Crippen molar-refractivity contribution in [1.82, 2.24) is 4.98 Å². The van der Waals surface area contributed by atoms with Gasteiger partial charge in [-0.2, -0.15) is 0 Å². The predicted octanol–water partition coefficient (Wildman–Crippen LogP) is 5.02. The summed E-state index contributed by atoms with van der Waals surface area (Å²) in [4.78, 5) is 15.0. The number of aliphatic carboxylic acids is 1. The number of H-pyrrole nitrogens is 1. The Morgan fingerprint density at radius 1 is 1.26 bits per heavy atom. The maximum atomic E-state index is 13.4. The normalized spacial score (nSPS) is 19.2. The van der Waals surface area contributed by atoms with E-state index in [1.807, 2.05) is 25.1 Å². The Labute approximate surface area is 157 Å². The Balaban J connectivity index is 1.94. The number of carbonyl (C=O) groups is 1. The van der Waals surface area contributed by atoms with E-state index in [2.05, 4.69) is 4.98 Å². The number of halogens is 1. The van der Waals surface area contributed by atoms with E-state index in [4.69, 9.17) is 4.74 Å². The van der Waals surface area contributed by atoms with E-state index >= 15 is 0 Å². The van der Waals surface area contributed by atoms with Gasteiger partial charge in [0.1, 0.15) is 11.4 Å². The first-order valence-electron chi connectivity index (χ1n) is 9.30. The Morgan fingerprint density at radius 3 is 2.74 bits per heavy atom. The van der Waals surface area contributed by atoms with Crippen molar-refractivity contribution in [2.24, 2.45) is 0 Å². The van der Waals surface area contributed by atoms with Crippen LogP contribution >= 0.6 is 0 Å². The molecule has 1 aliphatic rings. The highest BCUT2D eigenvalue weighted by Crippen LogP contribution is 2.44. The molecule has 1 aromatic heterocycles. The molecule has 1 aliphatic heterocycles. The Kier molecular flexibility index (Phi) is 4.48. The van der Waals surface area contributed by atoms with Gasteiger partial charge in [-0.15, -0.1) is 0 Å². The lowest BCUT2D eigenvalue weighted by atomic mass is 9.84. The SMILES string of the molecule is CCCC1(CC(=O)O)OCCc2c1[nH]c1cccc(-c3ccc(F)cc3)c21. The van der Waals surface area contributed by atoms with Crippen LogP contribution in [0.4, 0.5) is 4.39 Å². The minimum absolute atomic E-state index is 0.0630. The standard InChI is InChI=1S/C22H22FNO3/c1-2-11-22(13-19(25)26)21-17(10-12-27-22)20-16(4-3-5-18(20)24-21)14-6-8-15(23)9-7-14/h3-9,24H,2,10-13H2,1H3,(H,25,26). The second kappa shape index (κ2) is 6.82. The predicted molar refractivity (Wildman–Crippen MR) is 102 cm³/mol. The van der Waals surface area contributed by atoms with Gasteiger partial charge in [0, 0.05) is 10.9 Å². The van der Waals surface area contributed by atoms with Crippen molar-refractivity contribution in [3.63, 3.8) is 0 Å². The number of carboxylic acids is 1. The topological polar surface area (TPSA) is 62.3 Å². The Hall–Kier alpha value is -2.66. The van der Waals surface area contributed by atoms with Gasteiger partial charge in [0.05, 0.1) is 18.7 Å². The molecule has 27 heavy (non-hydrogen) atoms. The molecule has 0 saturated carbocycles. The zero-order valence-electron chi connectivity index (χ0n) is 15.2. The summed E-state index contributed by atoms with van der Waals surface area (Å²) in [5.74, 6) is -1.13. The third kappa shape index (κ3) is 3.02. The number of ether oxygens (including phenoxy) is 1. The Morgan fingerprint density at radius 2 is 2.04 bits per heavy atom. The fourth-order valence-corrected chi connectivity index (χ4v) is 4.32. The quantitative estimate of drug-likeness (QED) is 0.666. The molecule has 2 N–H and O–H groups in total. The van der Waals surface area contributed by atoms with E-state index in [0.29, 0.717) is 13.0 Å². The maximum Gasteiger partial charge on any atom is 0.306 e. The molecular weight excluding hydrogens is 345 g/mol. The molecule has 0 fully saturated rings. The van der Waals surface area contributed by atoms with Crippen LogP contribution in [0.5, 0.6) is 0 Å². The molecule has 0 saturated heterocycles. The summed E-state index contributed by atoms with van der Waals surface area (Å²) in [5, 5.41) is 10.6. The number of aromatic amines is 1. The second-order valence-corrected chi connectivity index (χ2v) is 7.13. The molecule has 0 spiro atoms. The van der Waals surface area contributed by atoms with Crippen molar-refractivity contribution in [1.29, 1.82) is 0 Å². The zero-order valence-corrected chi connectivity index (χ0v) is 15.2.